The molecule has 1 aliphatic heterocycles. The molecular formula is C15H26N2O3. The first-order valence-corrected chi connectivity index (χ1v) is 7.36. The van der Waals surface area contributed by atoms with Gasteiger partial charge in [0.2, 0.25) is 5.91 Å². The van der Waals surface area contributed by atoms with Crippen LogP contribution in [0.4, 0.5) is 0 Å². The van der Waals surface area contributed by atoms with Gasteiger partial charge in [-0.2, -0.15) is 0 Å². The zero-order valence-electron chi connectivity index (χ0n) is 12.7. The van der Waals surface area contributed by atoms with Crippen molar-refractivity contribution in [2.45, 2.75) is 52.5 Å². The molecule has 0 aromatic carbocycles. The SMILES string of the molecule is CC1(C)CC(N)CC(C)(CN2CC(C(=O)O)CC2=O)C1. The van der Waals surface area contributed by atoms with Crippen molar-refractivity contribution in [1.29, 1.82) is 0 Å². The number of aliphatic carboxylic acids is 1. The van der Waals surface area contributed by atoms with E-state index in [1.54, 1.807) is 4.90 Å². The van der Waals surface area contributed by atoms with Crippen molar-refractivity contribution in [3.8, 4) is 0 Å². The van der Waals surface area contributed by atoms with Gasteiger partial charge in [0.15, 0.2) is 0 Å². The highest BCUT2D eigenvalue weighted by Gasteiger charge is 2.44. The molecule has 2 rings (SSSR count). The van der Waals surface area contributed by atoms with Crippen molar-refractivity contribution in [3.63, 3.8) is 0 Å². The molecule has 0 spiro atoms. The average molecular weight is 282 g/mol. The molecule has 1 aliphatic carbocycles. The van der Waals surface area contributed by atoms with Gasteiger partial charge in [0.25, 0.3) is 0 Å². The lowest BCUT2D eigenvalue weighted by Gasteiger charge is -2.47. The summed E-state index contributed by atoms with van der Waals surface area (Å²) >= 11 is 0. The Morgan fingerprint density at radius 1 is 1.40 bits per heavy atom. The van der Waals surface area contributed by atoms with E-state index in [4.69, 9.17) is 10.8 Å². The number of nitrogens with zero attached hydrogens (tertiary/aromatic N) is 1. The molecule has 1 saturated carbocycles. The molecule has 5 heteroatoms. The van der Waals surface area contributed by atoms with Crippen LogP contribution in [0.3, 0.4) is 0 Å². The Morgan fingerprint density at radius 2 is 2.05 bits per heavy atom. The molecule has 0 aromatic rings. The molecule has 3 atom stereocenters. The Morgan fingerprint density at radius 3 is 2.55 bits per heavy atom. The molecule has 0 radical (unpaired) electrons. The highest BCUT2D eigenvalue weighted by Crippen LogP contribution is 2.46. The van der Waals surface area contributed by atoms with Crippen LogP contribution in [0, 0.1) is 16.7 Å². The summed E-state index contributed by atoms with van der Waals surface area (Å²) in [5.41, 5.74) is 6.35. The summed E-state index contributed by atoms with van der Waals surface area (Å²) in [5, 5.41) is 9.05. The Labute approximate surface area is 120 Å². The summed E-state index contributed by atoms with van der Waals surface area (Å²) in [6.07, 6.45) is 3.07. The number of hydrogen-bond acceptors (Lipinski definition) is 3. The Kier molecular flexibility index (Phi) is 3.84. The van der Waals surface area contributed by atoms with Gasteiger partial charge in [-0.1, -0.05) is 20.8 Å². The number of carbonyl (C=O) groups is 2. The van der Waals surface area contributed by atoms with E-state index in [1.165, 1.54) is 0 Å². The molecule has 20 heavy (non-hydrogen) atoms. The third-order valence-electron chi connectivity index (χ3n) is 4.61. The largest absolute Gasteiger partial charge is 0.481 e. The number of rotatable bonds is 3. The first kappa shape index (κ1) is 15.3. The summed E-state index contributed by atoms with van der Waals surface area (Å²) in [6, 6.07) is 0.164. The summed E-state index contributed by atoms with van der Waals surface area (Å²) in [6.45, 7) is 7.59. The van der Waals surface area contributed by atoms with E-state index in [-0.39, 0.29) is 29.2 Å². The molecule has 3 N–H and O–H groups in total. The maximum Gasteiger partial charge on any atom is 0.308 e. The van der Waals surface area contributed by atoms with E-state index in [2.05, 4.69) is 20.8 Å². The lowest BCUT2D eigenvalue weighted by Crippen LogP contribution is -2.48. The van der Waals surface area contributed by atoms with Gasteiger partial charge in [-0.3, -0.25) is 9.59 Å². The van der Waals surface area contributed by atoms with Crippen molar-refractivity contribution in [1.82, 2.24) is 4.90 Å². The van der Waals surface area contributed by atoms with Crippen molar-refractivity contribution in [3.05, 3.63) is 0 Å². The van der Waals surface area contributed by atoms with Crippen LogP contribution in [0.15, 0.2) is 0 Å². The average Bonchev–Trinajstić information content (AvgIpc) is 2.55. The van der Waals surface area contributed by atoms with Gasteiger partial charge in [0, 0.05) is 25.6 Å². The highest BCUT2D eigenvalue weighted by molar-refractivity contribution is 5.86. The van der Waals surface area contributed by atoms with Crippen LogP contribution in [0.2, 0.25) is 0 Å². The van der Waals surface area contributed by atoms with Gasteiger partial charge in [0.1, 0.15) is 0 Å². The molecule has 2 aliphatic rings. The molecule has 114 valence electrons. The molecule has 5 nitrogen and oxygen atoms in total. The fraction of sp³-hybridized carbons (Fsp3) is 0.867. The predicted octanol–water partition coefficient (Wildman–Crippen LogP) is 1.46. The second-order valence-corrected chi connectivity index (χ2v) is 7.83. The number of likely N-dealkylation sites (tertiary alicyclic amines) is 1. The number of carboxylic acid groups (broad SMARTS) is 1. The maximum absolute atomic E-state index is 12.0. The Balaban J connectivity index is 2.05. The van der Waals surface area contributed by atoms with Crippen LogP contribution in [0.1, 0.15) is 46.5 Å². The number of carboxylic acids is 1. The van der Waals surface area contributed by atoms with Crippen LogP contribution < -0.4 is 5.73 Å². The number of nitrogens with two attached hydrogens (primary N) is 1. The van der Waals surface area contributed by atoms with Crippen LogP contribution >= 0.6 is 0 Å². The second kappa shape index (κ2) is 5.02. The third kappa shape index (κ3) is 3.32. The van der Waals surface area contributed by atoms with Crippen LogP contribution in [0.5, 0.6) is 0 Å². The van der Waals surface area contributed by atoms with Crippen LogP contribution in [-0.4, -0.2) is 41.0 Å². The number of hydrogen-bond donors (Lipinski definition) is 2. The van der Waals surface area contributed by atoms with E-state index >= 15 is 0 Å². The van der Waals surface area contributed by atoms with Crippen molar-refractivity contribution < 1.29 is 14.7 Å². The molecule has 2 fully saturated rings. The number of carbonyl (C=O) groups excluding carboxylic acids is 1. The lowest BCUT2D eigenvalue weighted by atomic mass is 9.62. The lowest BCUT2D eigenvalue weighted by molar-refractivity contribution is -0.141. The first-order chi connectivity index (χ1) is 9.10. The summed E-state index contributed by atoms with van der Waals surface area (Å²) in [5.74, 6) is -1.45. The van der Waals surface area contributed by atoms with Gasteiger partial charge in [-0.25, -0.2) is 0 Å². The fourth-order valence-corrected chi connectivity index (χ4v) is 4.39. The summed E-state index contributed by atoms with van der Waals surface area (Å²) in [4.78, 5) is 24.7. The predicted molar refractivity (Wildman–Crippen MR) is 76.0 cm³/mol. The van der Waals surface area contributed by atoms with Crippen molar-refractivity contribution in [2.24, 2.45) is 22.5 Å². The van der Waals surface area contributed by atoms with Crippen molar-refractivity contribution >= 4 is 11.9 Å². The Bertz CT molecular complexity index is 421. The molecule has 1 saturated heterocycles. The standard InChI is InChI=1S/C15H26N2O3/c1-14(2)5-11(16)6-15(3,8-14)9-17-7-10(13(19)20)4-12(17)18/h10-11H,4-9,16H2,1-3H3,(H,19,20). The van der Waals surface area contributed by atoms with E-state index in [1.807, 2.05) is 0 Å². The Hall–Kier alpha value is -1.10. The van der Waals surface area contributed by atoms with Gasteiger partial charge >= 0.3 is 5.97 Å². The van der Waals surface area contributed by atoms with E-state index in [9.17, 15) is 9.59 Å². The second-order valence-electron chi connectivity index (χ2n) is 7.83. The van der Waals surface area contributed by atoms with Gasteiger partial charge < -0.3 is 15.7 Å². The molecule has 1 amide bonds. The van der Waals surface area contributed by atoms with Crippen molar-refractivity contribution in [2.75, 3.05) is 13.1 Å². The molecular weight excluding hydrogens is 256 g/mol. The molecule has 1 heterocycles. The first-order valence-electron chi connectivity index (χ1n) is 7.36. The summed E-state index contributed by atoms with van der Waals surface area (Å²) < 4.78 is 0. The molecule has 0 bridgehead atoms. The van der Waals surface area contributed by atoms with Gasteiger partial charge in [-0.15, -0.1) is 0 Å². The van der Waals surface area contributed by atoms with E-state index in [0.717, 1.165) is 19.3 Å². The quantitative estimate of drug-likeness (QED) is 0.821. The zero-order chi connectivity index (χ0) is 15.1. The minimum atomic E-state index is -0.869. The maximum atomic E-state index is 12.0. The summed E-state index contributed by atoms with van der Waals surface area (Å²) in [7, 11) is 0. The van der Waals surface area contributed by atoms with Gasteiger partial charge in [0.05, 0.1) is 5.92 Å². The van der Waals surface area contributed by atoms with Gasteiger partial charge in [-0.05, 0) is 30.1 Å². The third-order valence-corrected chi connectivity index (χ3v) is 4.61. The van der Waals surface area contributed by atoms with Crippen LogP contribution in [-0.2, 0) is 9.59 Å². The highest BCUT2D eigenvalue weighted by atomic mass is 16.4. The topological polar surface area (TPSA) is 83.6 Å². The zero-order valence-corrected chi connectivity index (χ0v) is 12.7. The normalized spacial score (nSPS) is 37.2. The minimum Gasteiger partial charge on any atom is -0.481 e. The monoisotopic (exact) mass is 282 g/mol. The van der Waals surface area contributed by atoms with Crippen LogP contribution in [0.25, 0.3) is 0 Å². The van der Waals surface area contributed by atoms with E-state index in [0.29, 0.717) is 13.1 Å². The molecule has 0 aromatic heterocycles. The number of amides is 1. The molecule has 3 unspecified atom stereocenters. The van der Waals surface area contributed by atoms with E-state index < -0.39 is 11.9 Å². The fourth-order valence-electron chi connectivity index (χ4n) is 4.39. The smallest absolute Gasteiger partial charge is 0.308 e. The minimum absolute atomic E-state index is 0.00970.